The molecule has 1 atom stereocenters. The number of benzene rings is 1. The fourth-order valence-electron chi connectivity index (χ4n) is 1.99. The summed E-state index contributed by atoms with van der Waals surface area (Å²) in [4.78, 5) is 14.3. The van der Waals surface area contributed by atoms with Crippen LogP contribution in [0.2, 0.25) is 0 Å². The summed E-state index contributed by atoms with van der Waals surface area (Å²) in [5.41, 5.74) is 1.10. The van der Waals surface area contributed by atoms with Gasteiger partial charge in [0.25, 0.3) is 0 Å². The van der Waals surface area contributed by atoms with Crippen LogP contribution in [-0.4, -0.2) is 14.5 Å². The largest absolute Gasteiger partial charge is 0.406 e. The first kappa shape index (κ1) is 13.1. The molecule has 1 aromatic heterocycles. The molecule has 0 amide bonds. The average Bonchev–Trinajstić information content (AvgIpc) is 2.78. The van der Waals surface area contributed by atoms with E-state index in [1.807, 2.05) is 37.3 Å². The number of nitrogens with one attached hydrogen (secondary N) is 1. The first-order chi connectivity index (χ1) is 9.13. The van der Waals surface area contributed by atoms with Gasteiger partial charge in [-0.15, -0.1) is 0 Å². The zero-order valence-electron chi connectivity index (χ0n) is 10.9. The molecule has 0 radical (unpaired) electrons. The Kier molecular flexibility index (Phi) is 3.79. The first-order valence-electron chi connectivity index (χ1n) is 6.10. The molecule has 1 unspecified atom stereocenters. The zero-order valence-corrected chi connectivity index (χ0v) is 10.9. The third kappa shape index (κ3) is 2.73. The van der Waals surface area contributed by atoms with E-state index in [1.165, 1.54) is 6.33 Å². The number of aryl methyl sites for hydroxylation is 1. The molecule has 0 saturated heterocycles. The van der Waals surface area contributed by atoms with Gasteiger partial charge in [0.15, 0.2) is 0 Å². The Hall–Kier alpha value is -2.37. The van der Waals surface area contributed by atoms with E-state index in [2.05, 4.69) is 10.3 Å². The Balaban J connectivity index is 2.29. The van der Waals surface area contributed by atoms with Gasteiger partial charge < -0.3 is 15.4 Å². The number of rotatable bonds is 5. The highest BCUT2D eigenvalue weighted by molar-refractivity contribution is 5.53. The van der Waals surface area contributed by atoms with Crippen LogP contribution in [0.15, 0.2) is 36.7 Å². The van der Waals surface area contributed by atoms with Crippen molar-refractivity contribution in [3.05, 3.63) is 52.3 Å². The predicted octanol–water partition coefficient (Wildman–Crippen LogP) is 2.89. The van der Waals surface area contributed by atoms with E-state index in [0.717, 1.165) is 12.0 Å². The Morgan fingerprint density at radius 2 is 2.11 bits per heavy atom. The monoisotopic (exact) mass is 260 g/mol. The van der Waals surface area contributed by atoms with Gasteiger partial charge in [0.1, 0.15) is 0 Å². The summed E-state index contributed by atoms with van der Waals surface area (Å²) in [6, 6.07) is 9.89. The Bertz CT molecular complexity index is 565. The van der Waals surface area contributed by atoms with Crippen molar-refractivity contribution in [3.8, 4) is 0 Å². The van der Waals surface area contributed by atoms with E-state index in [0.29, 0.717) is 5.82 Å². The minimum Gasteiger partial charge on any atom is -0.358 e. The van der Waals surface area contributed by atoms with Crippen molar-refractivity contribution in [1.82, 2.24) is 9.55 Å². The van der Waals surface area contributed by atoms with Crippen molar-refractivity contribution in [2.24, 2.45) is 7.05 Å². The summed E-state index contributed by atoms with van der Waals surface area (Å²) in [6.45, 7) is 2.03. The van der Waals surface area contributed by atoms with Crippen molar-refractivity contribution >= 4 is 11.6 Å². The Morgan fingerprint density at radius 3 is 2.68 bits per heavy atom. The molecule has 6 nitrogen and oxygen atoms in total. The van der Waals surface area contributed by atoms with Crippen LogP contribution in [0, 0.1) is 10.1 Å². The molecule has 2 rings (SSSR count). The maximum Gasteiger partial charge on any atom is 0.406 e. The number of hydrogen-bond donors (Lipinski definition) is 1. The lowest BCUT2D eigenvalue weighted by Gasteiger charge is -2.18. The van der Waals surface area contributed by atoms with Crippen LogP contribution < -0.4 is 5.32 Å². The van der Waals surface area contributed by atoms with Gasteiger partial charge in [-0.05, 0) is 21.9 Å². The molecular weight excluding hydrogens is 244 g/mol. The van der Waals surface area contributed by atoms with Gasteiger partial charge in [-0.3, -0.25) is 4.57 Å². The molecule has 0 fully saturated rings. The van der Waals surface area contributed by atoms with Gasteiger partial charge in [-0.1, -0.05) is 37.3 Å². The number of aromatic nitrogens is 2. The van der Waals surface area contributed by atoms with E-state index in [9.17, 15) is 10.1 Å². The number of nitrogens with zero attached hydrogens (tertiary/aromatic N) is 3. The first-order valence-corrected chi connectivity index (χ1v) is 6.10. The smallest absolute Gasteiger partial charge is 0.358 e. The SMILES string of the molecule is CCC(Nc1c([N+](=O)[O-])ncn1C)c1ccccc1. The van der Waals surface area contributed by atoms with E-state index in [1.54, 1.807) is 11.6 Å². The number of imidazole rings is 1. The topological polar surface area (TPSA) is 73.0 Å². The molecule has 0 aliphatic rings. The molecule has 0 bridgehead atoms. The summed E-state index contributed by atoms with van der Waals surface area (Å²) in [5, 5.41) is 14.1. The summed E-state index contributed by atoms with van der Waals surface area (Å²) in [5.74, 6) is 0.289. The predicted molar refractivity (Wildman–Crippen MR) is 73.0 cm³/mol. The molecule has 100 valence electrons. The minimum absolute atomic E-state index is 0.0234. The molecular formula is C13H16N4O2. The normalized spacial score (nSPS) is 12.1. The van der Waals surface area contributed by atoms with Crippen LogP contribution in [0.3, 0.4) is 0 Å². The lowest BCUT2D eigenvalue weighted by molar-refractivity contribution is -0.388. The lowest BCUT2D eigenvalue weighted by atomic mass is 10.0. The number of anilines is 1. The van der Waals surface area contributed by atoms with Gasteiger partial charge >= 0.3 is 5.82 Å². The summed E-state index contributed by atoms with van der Waals surface area (Å²) < 4.78 is 1.63. The van der Waals surface area contributed by atoms with Crippen LogP contribution in [-0.2, 0) is 7.05 Å². The van der Waals surface area contributed by atoms with Crippen molar-refractivity contribution < 1.29 is 4.92 Å². The van der Waals surface area contributed by atoms with Gasteiger partial charge in [0.2, 0.25) is 12.1 Å². The van der Waals surface area contributed by atoms with Crippen molar-refractivity contribution in [2.75, 3.05) is 5.32 Å². The Labute approximate surface area is 111 Å². The van der Waals surface area contributed by atoms with E-state index in [-0.39, 0.29) is 11.9 Å². The fourth-order valence-corrected chi connectivity index (χ4v) is 1.99. The highest BCUT2D eigenvalue weighted by atomic mass is 16.6. The molecule has 1 aromatic carbocycles. The maximum absolute atomic E-state index is 10.9. The van der Waals surface area contributed by atoms with Crippen molar-refractivity contribution in [2.45, 2.75) is 19.4 Å². The lowest BCUT2D eigenvalue weighted by Crippen LogP contribution is -2.13. The van der Waals surface area contributed by atoms with Crippen LogP contribution in [0.4, 0.5) is 11.6 Å². The van der Waals surface area contributed by atoms with E-state index >= 15 is 0 Å². The zero-order chi connectivity index (χ0) is 13.8. The maximum atomic E-state index is 10.9. The standard InChI is InChI=1S/C13H16N4O2/c1-3-11(10-7-5-4-6-8-10)15-13-12(17(18)19)14-9-16(13)2/h4-9,11,15H,3H2,1-2H3. The second-order valence-corrected chi connectivity index (χ2v) is 4.30. The molecule has 6 heteroatoms. The van der Waals surface area contributed by atoms with Crippen LogP contribution in [0.5, 0.6) is 0 Å². The van der Waals surface area contributed by atoms with E-state index < -0.39 is 4.92 Å². The molecule has 0 aliphatic heterocycles. The van der Waals surface area contributed by atoms with Crippen molar-refractivity contribution in [3.63, 3.8) is 0 Å². The molecule has 0 aliphatic carbocycles. The summed E-state index contributed by atoms with van der Waals surface area (Å²) in [7, 11) is 1.74. The molecule has 19 heavy (non-hydrogen) atoms. The second kappa shape index (κ2) is 5.51. The van der Waals surface area contributed by atoms with Gasteiger partial charge in [0.05, 0.1) is 6.04 Å². The third-order valence-electron chi connectivity index (χ3n) is 3.01. The van der Waals surface area contributed by atoms with Crippen LogP contribution >= 0.6 is 0 Å². The summed E-state index contributed by atoms with van der Waals surface area (Å²) in [6.07, 6.45) is 2.27. The van der Waals surface area contributed by atoms with Crippen LogP contribution in [0.25, 0.3) is 0 Å². The minimum atomic E-state index is -0.472. The molecule has 1 heterocycles. The molecule has 2 aromatic rings. The molecule has 0 saturated carbocycles. The van der Waals surface area contributed by atoms with Gasteiger partial charge in [-0.25, -0.2) is 0 Å². The summed E-state index contributed by atoms with van der Waals surface area (Å²) >= 11 is 0. The molecule has 1 N–H and O–H groups in total. The second-order valence-electron chi connectivity index (χ2n) is 4.30. The van der Waals surface area contributed by atoms with Crippen molar-refractivity contribution in [1.29, 1.82) is 0 Å². The van der Waals surface area contributed by atoms with E-state index in [4.69, 9.17) is 0 Å². The fraction of sp³-hybridized carbons (Fsp3) is 0.308. The number of nitro groups is 1. The van der Waals surface area contributed by atoms with Gasteiger partial charge in [0, 0.05) is 7.05 Å². The van der Waals surface area contributed by atoms with Gasteiger partial charge in [-0.2, -0.15) is 0 Å². The van der Waals surface area contributed by atoms with Crippen LogP contribution in [0.1, 0.15) is 24.9 Å². The Morgan fingerprint density at radius 1 is 1.42 bits per heavy atom. The highest BCUT2D eigenvalue weighted by Gasteiger charge is 2.22. The molecule has 0 spiro atoms. The third-order valence-corrected chi connectivity index (χ3v) is 3.01. The average molecular weight is 260 g/mol. The quantitative estimate of drug-likeness (QED) is 0.662. The number of hydrogen-bond acceptors (Lipinski definition) is 4. The highest BCUT2D eigenvalue weighted by Crippen LogP contribution is 2.27.